The van der Waals surface area contributed by atoms with Gasteiger partial charge in [0.15, 0.2) is 5.75 Å². The third-order valence-electron chi connectivity index (χ3n) is 5.52. The fourth-order valence-electron chi connectivity index (χ4n) is 3.45. The standard InChI is InChI=1S/C25H27Cl2N5O3/c1-16-18(14-29-24(30-16)31-32(4)33)15-35-21-7-5-19(6-8-21)25(2,3)20-11-17(13-28)23(22(27)12-20)34-10-9-26/h5-8,11-12,14,33H,9-10,15H2,1-4H3,(H,29,30,31). The summed E-state index contributed by atoms with van der Waals surface area (Å²) in [7, 11) is 1.43. The minimum absolute atomic E-state index is 0.271. The highest BCUT2D eigenvalue weighted by Crippen LogP contribution is 2.38. The van der Waals surface area contributed by atoms with Gasteiger partial charge in [-0.3, -0.25) is 10.6 Å². The van der Waals surface area contributed by atoms with Crippen LogP contribution in [0.15, 0.2) is 42.6 Å². The summed E-state index contributed by atoms with van der Waals surface area (Å²) in [5.74, 6) is 1.65. The first-order valence-electron chi connectivity index (χ1n) is 10.8. The number of alkyl halides is 1. The number of ether oxygens (including phenoxy) is 2. The van der Waals surface area contributed by atoms with Gasteiger partial charge in [-0.1, -0.05) is 37.6 Å². The number of aromatic nitrogens is 2. The lowest BCUT2D eigenvalue weighted by atomic mass is 9.77. The zero-order valence-electron chi connectivity index (χ0n) is 20.0. The summed E-state index contributed by atoms with van der Waals surface area (Å²) in [5.41, 5.74) is 6.03. The molecule has 3 rings (SSSR count). The molecular formula is C25H27Cl2N5O3. The Kier molecular flexibility index (Phi) is 8.76. The third-order valence-corrected chi connectivity index (χ3v) is 5.96. The molecule has 0 aliphatic heterocycles. The zero-order valence-corrected chi connectivity index (χ0v) is 21.5. The number of aryl methyl sites for hydroxylation is 1. The number of nitrogens with zero attached hydrogens (tertiary/aromatic N) is 4. The Morgan fingerprint density at radius 1 is 1.17 bits per heavy atom. The van der Waals surface area contributed by atoms with Crippen molar-refractivity contribution in [1.29, 1.82) is 5.26 Å². The van der Waals surface area contributed by atoms with E-state index < -0.39 is 5.41 Å². The molecule has 2 N–H and O–H groups in total. The number of nitriles is 1. The molecule has 0 aliphatic rings. The van der Waals surface area contributed by atoms with Crippen molar-refractivity contribution in [3.63, 3.8) is 0 Å². The lowest BCUT2D eigenvalue weighted by Gasteiger charge is -2.27. The van der Waals surface area contributed by atoms with Crippen molar-refractivity contribution in [2.75, 3.05) is 25.0 Å². The second-order valence-electron chi connectivity index (χ2n) is 8.36. The SMILES string of the molecule is Cc1nc(NN(C)O)ncc1COc1ccc(C(C)(C)c2cc(Cl)c(OCCCl)c(C#N)c2)cc1. The van der Waals surface area contributed by atoms with Gasteiger partial charge in [-0.25, -0.2) is 9.97 Å². The van der Waals surface area contributed by atoms with Gasteiger partial charge in [0.05, 0.1) is 16.5 Å². The van der Waals surface area contributed by atoms with E-state index in [1.807, 2.05) is 37.3 Å². The van der Waals surface area contributed by atoms with Crippen LogP contribution in [0.3, 0.4) is 0 Å². The fraction of sp³-hybridized carbons (Fsp3) is 0.320. The van der Waals surface area contributed by atoms with Crippen molar-refractivity contribution in [3.8, 4) is 17.6 Å². The van der Waals surface area contributed by atoms with Crippen molar-refractivity contribution in [3.05, 3.63) is 75.6 Å². The molecule has 0 bridgehead atoms. The number of benzene rings is 2. The Labute approximate surface area is 215 Å². The number of hydrazine groups is 1. The normalized spacial score (nSPS) is 11.3. The topological polar surface area (TPSA) is 104 Å². The summed E-state index contributed by atoms with van der Waals surface area (Å²) >= 11 is 12.2. The van der Waals surface area contributed by atoms with Crippen LogP contribution >= 0.6 is 23.2 Å². The summed E-state index contributed by atoms with van der Waals surface area (Å²) < 4.78 is 11.5. The Morgan fingerprint density at radius 3 is 2.49 bits per heavy atom. The molecule has 0 radical (unpaired) electrons. The van der Waals surface area contributed by atoms with Crippen LogP contribution in [0.5, 0.6) is 11.5 Å². The summed E-state index contributed by atoms with van der Waals surface area (Å²) in [6, 6.07) is 13.6. The molecule has 0 spiro atoms. The monoisotopic (exact) mass is 515 g/mol. The van der Waals surface area contributed by atoms with Gasteiger partial charge in [0, 0.05) is 29.9 Å². The molecule has 2 aromatic carbocycles. The maximum atomic E-state index is 9.60. The molecule has 184 valence electrons. The van der Waals surface area contributed by atoms with Gasteiger partial charge in [-0.05, 0) is 42.3 Å². The van der Waals surface area contributed by atoms with E-state index in [0.717, 1.165) is 27.6 Å². The van der Waals surface area contributed by atoms with E-state index in [4.69, 9.17) is 32.7 Å². The van der Waals surface area contributed by atoms with E-state index in [0.29, 0.717) is 40.5 Å². The first-order valence-corrected chi connectivity index (χ1v) is 11.7. The number of anilines is 1. The van der Waals surface area contributed by atoms with Gasteiger partial charge in [-0.2, -0.15) is 5.26 Å². The lowest BCUT2D eigenvalue weighted by molar-refractivity contribution is -0.0394. The summed E-state index contributed by atoms with van der Waals surface area (Å²) in [4.78, 5) is 8.46. The molecule has 1 aromatic heterocycles. The number of rotatable bonds is 10. The molecule has 0 amide bonds. The highest BCUT2D eigenvalue weighted by atomic mass is 35.5. The molecule has 8 nitrogen and oxygen atoms in total. The second-order valence-corrected chi connectivity index (χ2v) is 9.15. The molecule has 0 saturated carbocycles. The van der Waals surface area contributed by atoms with Gasteiger partial charge in [0.1, 0.15) is 25.0 Å². The first-order chi connectivity index (χ1) is 16.6. The summed E-state index contributed by atoms with van der Waals surface area (Å²) in [5, 5.41) is 20.0. The quantitative estimate of drug-likeness (QED) is 0.270. The predicted molar refractivity (Wildman–Crippen MR) is 135 cm³/mol. The van der Waals surface area contributed by atoms with Crippen molar-refractivity contribution in [2.24, 2.45) is 0 Å². The van der Waals surface area contributed by atoms with Gasteiger partial charge in [0.25, 0.3) is 0 Å². The number of halogens is 2. The first kappa shape index (κ1) is 26.5. The number of hydrogen-bond acceptors (Lipinski definition) is 8. The zero-order chi connectivity index (χ0) is 25.6. The Hall–Kier alpha value is -3.09. The van der Waals surface area contributed by atoms with Crippen LogP contribution < -0.4 is 14.9 Å². The largest absolute Gasteiger partial charge is 0.489 e. The molecule has 0 saturated heterocycles. The Morgan fingerprint density at radius 2 is 1.89 bits per heavy atom. The fourth-order valence-corrected chi connectivity index (χ4v) is 3.80. The van der Waals surface area contributed by atoms with Crippen molar-refractivity contribution in [2.45, 2.75) is 32.8 Å². The number of hydrogen-bond donors (Lipinski definition) is 2. The van der Waals surface area contributed by atoms with Gasteiger partial charge < -0.3 is 9.47 Å². The summed E-state index contributed by atoms with van der Waals surface area (Å²) in [6.07, 6.45) is 1.66. The smallest absolute Gasteiger partial charge is 0.239 e. The van der Waals surface area contributed by atoms with Crippen LogP contribution in [-0.2, 0) is 12.0 Å². The minimum Gasteiger partial charge on any atom is -0.489 e. The van der Waals surface area contributed by atoms with Crippen molar-refractivity contribution >= 4 is 29.2 Å². The number of hydroxylamine groups is 1. The second kappa shape index (κ2) is 11.6. The molecule has 0 atom stereocenters. The molecule has 10 heteroatoms. The van der Waals surface area contributed by atoms with Crippen molar-refractivity contribution in [1.82, 2.24) is 15.1 Å². The van der Waals surface area contributed by atoms with Crippen LogP contribution in [0.1, 0.15) is 41.8 Å². The van der Waals surface area contributed by atoms with Crippen LogP contribution in [0.4, 0.5) is 5.95 Å². The maximum absolute atomic E-state index is 9.60. The highest BCUT2D eigenvalue weighted by molar-refractivity contribution is 6.32. The maximum Gasteiger partial charge on any atom is 0.239 e. The van der Waals surface area contributed by atoms with E-state index in [2.05, 4.69) is 35.3 Å². The number of nitrogens with one attached hydrogen (secondary N) is 1. The Balaban J connectivity index is 1.74. The highest BCUT2D eigenvalue weighted by Gasteiger charge is 2.26. The summed E-state index contributed by atoms with van der Waals surface area (Å²) in [6.45, 7) is 6.55. The van der Waals surface area contributed by atoms with Crippen molar-refractivity contribution < 1.29 is 14.7 Å². The molecule has 0 aliphatic carbocycles. The van der Waals surface area contributed by atoms with Crippen LogP contribution in [0, 0.1) is 18.3 Å². The van der Waals surface area contributed by atoms with E-state index >= 15 is 0 Å². The molecule has 35 heavy (non-hydrogen) atoms. The van der Waals surface area contributed by atoms with Crippen LogP contribution in [0.2, 0.25) is 5.02 Å². The van der Waals surface area contributed by atoms with Crippen LogP contribution in [-0.4, -0.2) is 39.9 Å². The van der Waals surface area contributed by atoms with Gasteiger partial charge in [-0.15, -0.1) is 16.8 Å². The Bertz CT molecular complexity index is 1210. The molecule has 3 aromatic rings. The van der Waals surface area contributed by atoms with E-state index in [1.165, 1.54) is 7.05 Å². The molecule has 0 unspecified atom stereocenters. The molecule has 1 heterocycles. The minimum atomic E-state index is -0.425. The molecule has 0 fully saturated rings. The van der Waals surface area contributed by atoms with E-state index in [-0.39, 0.29) is 6.61 Å². The predicted octanol–water partition coefficient (Wildman–Crippen LogP) is 5.48. The van der Waals surface area contributed by atoms with Gasteiger partial charge >= 0.3 is 0 Å². The van der Waals surface area contributed by atoms with Gasteiger partial charge in [0.2, 0.25) is 5.95 Å². The average molecular weight is 516 g/mol. The van der Waals surface area contributed by atoms with E-state index in [9.17, 15) is 10.5 Å². The lowest BCUT2D eigenvalue weighted by Crippen LogP contribution is -2.22. The molecular weight excluding hydrogens is 489 g/mol. The average Bonchev–Trinajstić information content (AvgIpc) is 2.82. The third kappa shape index (κ3) is 6.53. The van der Waals surface area contributed by atoms with Crippen LogP contribution in [0.25, 0.3) is 0 Å². The van der Waals surface area contributed by atoms with E-state index in [1.54, 1.807) is 12.3 Å².